The summed E-state index contributed by atoms with van der Waals surface area (Å²) in [5.41, 5.74) is 5.87. The van der Waals surface area contributed by atoms with E-state index < -0.39 is 6.09 Å². The van der Waals surface area contributed by atoms with Crippen LogP contribution in [0.2, 0.25) is 0 Å². The summed E-state index contributed by atoms with van der Waals surface area (Å²) < 4.78 is 25.0. The van der Waals surface area contributed by atoms with Gasteiger partial charge in [-0.05, 0) is 85.7 Å². The second kappa shape index (κ2) is 9.00. The standard InChI is InChI=1S/C29H31FN2O3/c1-4-20-19-29-22(18-26(20)32(3)24-12-10-23(30)11-13-24)15-17-28(29,35-29)16-14-21-8-6-7-9-25(21)31-27(33)34-5-2/h4,6-13,18H,1,5,14-17,19H2,2-3H3,(H,31,33)/t28-,29?/m0/s1. The molecule has 6 heteroatoms. The van der Waals surface area contributed by atoms with Gasteiger partial charge in [-0.25, -0.2) is 9.18 Å². The highest BCUT2D eigenvalue weighted by atomic mass is 19.1. The van der Waals surface area contributed by atoms with Crippen molar-refractivity contribution in [2.75, 3.05) is 23.9 Å². The zero-order valence-corrected chi connectivity index (χ0v) is 20.3. The van der Waals surface area contributed by atoms with Gasteiger partial charge in [0.1, 0.15) is 17.0 Å². The van der Waals surface area contributed by atoms with Crippen LogP contribution in [-0.2, 0) is 15.9 Å². The van der Waals surface area contributed by atoms with E-state index in [-0.39, 0.29) is 17.0 Å². The van der Waals surface area contributed by atoms with Crippen molar-refractivity contribution in [1.82, 2.24) is 0 Å². The third-order valence-corrected chi connectivity index (χ3v) is 7.61. The summed E-state index contributed by atoms with van der Waals surface area (Å²) in [5, 5.41) is 2.86. The number of anilines is 2. The number of rotatable bonds is 8. The Morgan fingerprint density at radius 1 is 1.26 bits per heavy atom. The van der Waals surface area contributed by atoms with Crippen molar-refractivity contribution in [2.24, 2.45) is 0 Å². The van der Waals surface area contributed by atoms with Crippen molar-refractivity contribution in [2.45, 2.75) is 50.2 Å². The van der Waals surface area contributed by atoms with Crippen LogP contribution < -0.4 is 10.2 Å². The van der Waals surface area contributed by atoms with Gasteiger partial charge in [-0.2, -0.15) is 0 Å². The molecule has 3 aliphatic rings. The van der Waals surface area contributed by atoms with E-state index in [1.54, 1.807) is 19.1 Å². The Bertz CT molecular complexity index is 1220. The fourth-order valence-corrected chi connectivity index (χ4v) is 5.72. The number of halogens is 1. The molecule has 2 aromatic carbocycles. The van der Waals surface area contributed by atoms with Gasteiger partial charge < -0.3 is 14.4 Å². The van der Waals surface area contributed by atoms with Crippen LogP contribution in [0.4, 0.5) is 20.6 Å². The van der Waals surface area contributed by atoms with Crippen LogP contribution >= 0.6 is 0 Å². The molecule has 1 spiro atoms. The average molecular weight is 475 g/mol. The molecule has 0 radical (unpaired) electrons. The number of likely N-dealkylation sites (N-methyl/N-ethyl adjacent to an activating group) is 1. The number of ether oxygens (including phenoxy) is 2. The molecule has 182 valence electrons. The quantitative estimate of drug-likeness (QED) is 0.442. The van der Waals surface area contributed by atoms with Crippen molar-refractivity contribution in [3.8, 4) is 0 Å². The van der Waals surface area contributed by atoms with Crippen LogP contribution in [-0.4, -0.2) is 30.9 Å². The predicted molar refractivity (Wildman–Crippen MR) is 136 cm³/mol. The van der Waals surface area contributed by atoms with Crippen LogP contribution in [0.5, 0.6) is 0 Å². The van der Waals surface area contributed by atoms with E-state index in [0.29, 0.717) is 6.61 Å². The number of hydrogen-bond acceptors (Lipinski definition) is 4. The highest BCUT2D eigenvalue weighted by Crippen LogP contribution is 2.68. The molecule has 2 fully saturated rings. The minimum absolute atomic E-state index is 0.190. The van der Waals surface area contributed by atoms with Crippen LogP contribution in [0, 0.1) is 5.82 Å². The molecule has 1 aliphatic heterocycles. The van der Waals surface area contributed by atoms with E-state index in [1.165, 1.54) is 17.7 Å². The average Bonchev–Trinajstić information content (AvgIpc) is 3.38. The first-order chi connectivity index (χ1) is 16.9. The minimum atomic E-state index is -0.436. The number of nitrogens with one attached hydrogen (secondary N) is 1. The monoisotopic (exact) mass is 474 g/mol. The first-order valence-corrected chi connectivity index (χ1v) is 12.2. The van der Waals surface area contributed by atoms with Gasteiger partial charge in [-0.3, -0.25) is 5.32 Å². The molecular weight excluding hydrogens is 443 g/mol. The lowest BCUT2D eigenvalue weighted by molar-refractivity contribution is 0.168. The van der Waals surface area contributed by atoms with Crippen molar-refractivity contribution < 1.29 is 18.7 Å². The molecule has 1 saturated heterocycles. The Balaban J connectivity index is 1.33. The Labute approximate surface area is 205 Å². The molecule has 35 heavy (non-hydrogen) atoms. The first-order valence-electron chi connectivity index (χ1n) is 12.2. The van der Waals surface area contributed by atoms with Gasteiger partial charge in [0, 0.05) is 30.5 Å². The molecular formula is C29H31FN2O3. The van der Waals surface area contributed by atoms with Gasteiger partial charge in [0.2, 0.25) is 0 Å². The number of carbonyl (C=O) groups is 1. The summed E-state index contributed by atoms with van der Waals surface area (Å²) in [6.45, 7) is 6.20. The molecule has 0 bridgehead atoms. The molecule has 2 aliphatic carbocycles. The molecule has 1 heterocycles. The highest BCUT2D eigenvalue weighted by Gasteiger charge is 2.74. The lowest BCUT2D eigenvalue weighted by Crippen LogP contribution is -2.28. The molecule has 0 aromatic heterocycles. The zero-order valence-electron chi connectivity index (χ0n) is 20.3. The van der Waals surface area contributed by atoms with E-state index in [9.17, 15) is 9.18 Å². The van der Waals surface area contributed by atoms with Crippen LogP contribution in [0.25, 0.3) is 0 Å². The second-order valence-corrected chi connectivity index (χ2v) is 9.42. The summed E-state index contributed by atoms with van der Waals surface area (Å²) in [4.78, 5) is 14.0. The number of nitrogens with zero attached hydrogens (tertiary/aromatic N) is 1. The molecule has 1 saturated carbocycles. The molecule has 5 rings (SSSR count). The molecule has 2 atom stereocenters. The summed E-state index contributed by atoms with van der Waals surface area (Å²) in [5.74, 6) is -0.244. The van der Waals surface area contributed by atoms with E-state index >= 15 is 0 Å². The van der Waals surface area contributed by atoms with Crippen molar-refractivity contribution in [3.05, 3.63) is 95.5 Å². The zero-order chi connectivity index (χ0) is 24.6. The fraction of sp³-hybridized carbons (Fsp3) is 0.345. The summed E-state index contributed by atoms with van der Waals surface area (Å²) in [7, 11) is 2.00. The van der Waals surface area contributed by atoms with Gasteiger partial charge in [0.25, 0.3) is 0 Å². The molecule has 5 nitrogen and oxygen atoms in total. The van der Waals surface area contributed by atoms with Crippen molar-refractivity contribution in [3.63, 3.8) is 0 Å². The smallest absolute Gasteiger partial charge is 0.411 e. The van der Waals surface area contributed by atoms with Gasteiger partial charge in [-0.1, -0.05) is 30.9 Å². The van der Waals surface area contributed by atoms with E-state index in [0.717, 1.165) is 60.3 Å². The Hall–Kier alpha value is -3.38. The topological polar surface area (TPSA) is 54.1 Å². The van der Waals surface area contributed by atoms with E-state index in [4.69, 9.17) is 9.47 Å². The number of amides is 1. The van der Waals surface area contributed by atoms with Crippen LogP contribution in [0.1, 0.15) is 38.2 Å². The van der Waals surface area contributed by atoms with Crippen molar-refractivity contribution in [1.29, 1.82) is 0 Å². The number of benzene rings is 2. The predicted octanol–water partition coefficient (Wildman–Crippen LogP) is 6.53. The SMILES string of the molecule is C=CC1=C(N(C)c2ccc(F)cc2)C=C2CC[C@]3(CCc4ccccc4NC(=O)OCC)OC23C1. The maximum atomic E-state index is 13.4. The number of para-hydroxylation sites is 1. The summed E-state index contributed by atoms with van der Waals surface area (Å²) in [6, 6.07) is 14.4. The van der Waals surface area contributed by atoms with Gasteiger partial charge in [0.15, 0.2) is 0 Å². The third-order valence-electron chi connectivity index (χ3n) is 7.61. The number of aryl methyl sites for hydroxylation is 1. The first kappa shape index (κ1) is 23.4. The fourth-order valence-electron chi connectivity index (χ4n) is 5.72. The van der Waals surface area contributed by atoms with E-state index in [1.807, 2.05) is 37.4 Å². The molecule has 2 aromatic rings. The Kier molecular flexibility index (Phi) is 6.01. The maximum absolute atomic E-state index is 13.4. The van der Waals surface area contributed by atoms with Gasteiger partial charge in [-0.15, -0.1) is 0 Å². The molecule has 1 N–H and O–H groups in total. The highest BCUT2D eigenvalue weighted by molar-refractivity contribution is 5.85. The Morgan fingerprint density at radius 3 is 2.77 bits per heavy atom. The molecule has 1 amide bonds. The maximum Gasteiger partial charge on any atom is 0.411 e. The number of carbonyl (C=O) groups excluding carboxylic acids is 1. The van der Waals surface area contributed by atoms with E-state index in [2.05, 4.69) is 22.9 Å². The normalized spacial score (nSPS) is 24.3. The lowest BCUT2D eigenvalue weighted by atomic mass is 9.80. The summed E-state index contributed by atoms with van der Waals surface area (Å²) in [6.07, 6.45) is 8.15. The second-order valence-electron chi connectivity index (χ2n) is 9.42. The third kappa shape index (κ3) is 4.06. The van der Waals surface area contributed by atoms with Crippen molar-refractivity contribution >= 4 is 17.5 Å². The lowest BCUT2D eigenvalue weighted by Gasteiger charge is -2.29. The molecule has 1 unspecified atom stereocenters. The largest absolute Gasteiger partial charge is 0.450 e. The van der Waals surface area contributed by atoms with Crippen LogP contribution in [0.15, 0.2) is 84.1 Å². The summed E-state index contributed by atoms with van der Waals surface area (Å²) >= 11 is 0. The van der Waals surface area contributed by atoms with Gasteiger partial charge in [0.05, 0.1) is 6.61 Å². The van der Waals surface area contributed by atoms with Crippen LogP contribution in [0.3, 0.4) is 0 Å². The Morgan fingerprint density at radius 2 is 2.03 bits per heavy atom. The minimum Gasteiger partial charge on any atom is -0.450 e. The number of epoxide rings is 1. The number of allylic oxidation sites excluding steroid dienone is 2. The van der Waals surface area contributed by atoms with Gasteiger partial charge >= 0.3 is 6.09 Å². The number of hydrogen-bond donors (Lipinski definition) is 1.